The van der Waals surface area contributed by atoms with E-state index in [0.717, 1.165) is 38.9 Å². The molecule has 3 heteroatoms. The van der Waals surface area contributed by atoms with Crippen LogP contribution < -0.4 is 5.32 Å². The van der Waals surface area contributed by atoms with Crippen LogP contribution in [0.4, 0.5) is 0 Å². The van der Waals surface area contributed by atoms with Crippen molar-refractivity contribution in [2.45, 2.75) is 39.2 Å². The van der Waals surface area contributed by atoms with Gasteiger partial charge in [0.1, 0.15) is 0 Å². The summed E-state index contributed by atoms with van der Waals surface area (Å²) in [6.07, 6.45) is 3.37. The van der Waals surface area contributed by atoms with Gasteiger partial charge in [-0.1, -0.05) is 13.8 Å². The Morgan fingerprint density at radius 1 is 1.40 bits per heavy atom. The highest BCUT2D eigenvalue weighted by molar-refractivity contribution is 5.81. The van der Waals surface area contributed by atoms with E-state index < -0.39 is 0 Å². The summed E-state index contributed by atoms with van der Waals surface area (Å²) in [5.74, 6) is 1.39. The Kier molecular flexibility index (Phi) is 3.29. The van der Waals surface area contributed by atoms with Crippen molar-refractivity contribution in [3.63, 3.8) is 0 Å². The second-order valence-electron chi connectivity index (χ2n) is 4.99. The monoisotopic (exact) mass is 210 g/mol. The zero-order valence-corrected chi connectivity index (χ0v) is 9.83. The summed E-state index contributed by atoms with van der Waals surface area (Å²) in [6, 6.07) is 0.609. The van der Waals surface area contributed by atoms with Crippen LogP contribution in [0.15, 0.2) is 0 Å². The zero-order chi connectivity index (χ0) is 10.8. The van der Waals surface area contributed by atoms with Crippen LogP contribution in [0.2, 0.25) is 0 Å². The molecule has 0 radical (unpaired) electrons. The fraction of sp³-hybridized carbons (Fsp3) is 0.917. The van der Waals surface area contributed by atoms with E-state index in [-0.39, 0.29) is 0 Å². The van der Waals surface area contributed by atoms with Gasteiger partial charge in [0.2, 0.25) is 5.91 Å². The lowest BCUT2D eigenvalue weighted by molar-refractivity contribution is -0.134. The SMILES string of the molecule is CCNC1CCN(C(=O)C2CC2)CC1C. The molecule has 2 aliphatic rings. The molecule has 1 saturated heterocycles. The van der Waals surface area contributed by atoms with Crippen molar-refractivity contribution in [3.8, 4) is 0 Å². The summed E-state index contributed by atoms with van der Waals surface area (Å²) in [6.45, 7) is 7.34. The highest BCUT2D eigenvalue weighted by atomic mass is 16.2. The minimum absolute atomic E-state index is 0.382. The van der Waals surface area contributed by atoms with Gasteiger partial charge < -0.3 is 10.2 Å². The molecule has 0 bridgehead atoms. The molecule has 0 aromatic heterocycles. The topological polar surface area (TPSA) is 32.3 Å². The molecular formula is C12H22N2O. The van der Waals surface area contributed by atoms with E-state index in [9.17, 15) is 4.79 Å². The number of carbonyl (C=O) groups excluding carboxylic acids is 1. The highest BCUT2D eigenvalue weighted by Gasteiger charge is 2.36. The van der Waals surface area contributed by atoms with Gasteiger partial charge in [-0.05, 0) is 31.7 Å². The maximum atomic E-state index is 11.9. The van der Waals surface area contributed by atoms with Crippen LogP contribution in [0.25, 0.3) is 0 Å². The lowest BCUT2D eigenvalue weighted by atomic mass is 9.93. The molecular weight excluding hydrogens is 188 g/mol. The summed E-state index contributed by atoms with van der Waals surface area (Å²) >= 11 is 0. The number of piperidine rings is 1. The van der Waals surface area contributed by atoms with Crippen LogP contribution in [0, 0.1) is 11.8 Å². The number of hydrogen-bond acceptors (Lipinski definition) is 2. The Morgan fingerprint density at radius 2 is 2.13 bits per heavy atom. The molecule has 1 aliphatic carbocycles. The van der Waals surface area contributed by atoms with Gasteiger partial charge in [0.15, 0.2) is 0 Å². The molecule has 0 aromatic carbocycles. The normalized spacial score (nSPS) is 31.7. The minimum Gasteiger partial charge on any atom is -0.342 e. The third-order valence-electron chi connectivity index (χ3n) is 3.61. The molecule has 1 N–H and O–H groups in total. The van der Waals surface area contributed by atoms with Crippen molar-refractivity contribution in [2.75, 3.05) is 19.6 Å². The minimum atomic E-state index is 0.382. The van der Waals surface area contributed by atoms with Gasteiger partial charge in [-0.2, -0.15) is 0 Å². The number of likely N-dealkylation sites (tertiary alicyclic amines) is 1. The number of nitrogens with one attached hydrogen (secondary N) is 1. The van der Waals surface area contributed by atoms with Gasteiger partial charge in [-0.25, -0.2) is 0 Å². The quantitative estimate of drug-likeness (QED) is 0.760. The first-order valence-corrected chi connectivity index (χ1v) is 6.24. The number of carbonyl (C=O) groups is 1. The Bertz CT molecular complexity index is 238. The van der Waals surface area contributed by atoms with Crippen LogP contribution in [0.5, 0.6) is 0 Å². The van der Waals surface area contributed by atoms with Crippen molar-refractivity contribution < 1.29 is 4.79 Å². The number of rotatable bonds is 3. The molecule has 2 unspecified atom stereocenters. The van der Waals surface area contributed by atoms with E-state index in [1.807, 2.05) is 0 Å². The maximum absolute atomic E-state index is 11.9. The summed E-state index contributed by atoms with van der Waals surface area (Å²) in [4.78, 5) is 14.0. The van der Waals surface area contributed by atoms with Gasteiger partial charge in [-0.3, -0.25) is 4.79 Å². The Hall–Kier alpha value is -0.570. The molecule has 1 saturated carbocycles. The zero-order valence-electron chi connectivity index (χ0n) is 9.83. The van der Waals surface area contributed by atoms with Crippen LogP contribution in [0.3, 0.4) is 0 Å². The molecule has 3 nitrogen and oxygen atoms in total. The molecule has 1 heterocycles. The van der Waals surface area contributed by atoms with Crippen molar-refractivity contribution in [1.82, 2.24) is 10.2 Å². The molecule has 2 rings (SSSR count). The molecule has 15 heavy (non-hydrogen) atoms. The summed E-state index contributed by atoms with van der Waals surface area (Å²) in [5.41, 5.74) is 0. The van der Waals surface area contributed by atoms with Crippen LogP contribution in [-0.4, -0.2) is 36.5 Å². The number of amides is 1. The molecule has 2 fully saturated rings. The predicted molar refractivity (Wildman–Crippen MR) is 60.5 cm³/mol. The first-order valence-electron chi connectivity index (χ1n) is 6.24. The van der Waals surface area contributed by atoms with Gasteiger partial charge >= 0.3 is 0 Å². The highest BCUT2D eigenvalue weighted by Crippen LogP contribution is 2.32. The molecule has 2 atom stereocenters. The summed E-state index contributed by atoms with van der Waals surface area (Å²) in [5, 5.41) is 3.50. The van der Waals surface area contributed by atoms with E-state index in [2.05, 4.69) is 24.1 Å². The van der Waals surface area contributed by atoms with E-state index in [4.69, 9.17) is 0 Å². The van der Waals surface area contributed by atoms with Crippen molar-refractivity contribution >= 4 is 5.91 Å². The van der Waals surface area contributed by atoms with E-state index in [0.29, 0.717) is 23.8 Å². The summed E-state index contributed by atoms with van der Waals surface area (Å²) < 4.78 is 0. The first kappa shape index (κ1) is 10.9. The Morgan fingerprint density at radius 3 is 2.67 bits per heavy atom. The fourth-order valence-corrected chi connectivity index (χ4v) is 2.50. The van der Waals surface area contributed by atoms with Gasteiger partial charge in [0.25, 0.3) is 0 Å². The summed E-state index contributed by atoms with van der Waals surface area (Å²) in [7, 11) is 0. The number of nitrogens with zero attached hydrogens (tertiary/aromatic N) is 1. The average molecular weight is 210 g/mol. The molecule has 1 amide bonds. The van der Waals surface area contributed by atoms with Crippen molar-refractivity contribution in [3.05, 3.63) is 0 Å². The second-order valence-corrected chi connectivity index (χ2v) is 4.99. The van der Waals surface area contributed by atoms with Crippen LogP contribution >= 0.6 is 0 Å². The van der Waals surface area contributed by atoms with Crippen LogP contribution in [0.1, 0.15) is 33.1 Å². The standard InChI is InChI=1S/C12H22N2O/c1-3-13-11-6-7-14(8-9(11)2)12(15)10-4-5-10/h9-11,13H,3-8H2,1-2H3. The van der Waals surface area contributed by atoms with E-state index in [1.165, 1.54) is 0 Å². The van der Waals surface area contributed by atoms with Gasteiger partial charge in [-0.15, -0.1) is 0 Å². The smallest absolute Gasteiger partial charge is 0.225 e. The van der Waals surface area contributed by atoms with Crippen LogP contribution in [-0.2, 0) is 4.79 Å². The first-order chi connectivity index (χ1) is 7.22. The van der Waals surface area contributed by atoms with E-state index in [1.54, 1.807) is 0 Å². The lowest BCUT2D eigenvalue weighted by Gasteiger charge is -2.37. The predicted octanol–water partition coefficient (Wildman–Crippen LogP) is 1.24. The molecule has 1 aliphatic heterocycles. The lowest BCUT2D eigenvalue weighted by Crippen LogP contribution is -2.50. The Balaban J connectivity index is 1.84. The average Bonchev–Trinajstić information content (AvgIpc) is 3.04. The molecule has 0 aromatic rings. The third kappa shape index (κ3) is 2.51. The van der Waals surface area contributed by atoms with E-state index >= 15 is 0 Å². The van der Waals surface area contributed by atoms with Crippen molar-refractivity contribution in [2.24, 2.45) is 11.8 Å². The Labute approximate surface area is 92.2 Å². The second kappa shape index (κ2) is 4.52. The van der Waals surface area contributed by atoms with Crippen molar-refractivity contribution in [1.29, 1.82) is 0 Å². The number of hydrogen-bond donors (Lipinski definition) is 1. The molecule has 86 valence electrons. The van der Waals surface area contributed by atoms with Gasteiger partial charge in [0, 0.05) is 25.0 Å². The third-order valence-corrected chi connectivity index (χ3v) is 3.61. The molecule has 0 spiro atoms. The maximum Gasteiger partial charge on any atom is 0.225 e. The largest absolute Gasteiger partial charge is 0.342 e. The van der Waals surface area contributed by atoms with Gasteiger partial charge in [0.05, 0.1) is 0 Å². The fourth-order valence-electron chi connectivity index (χ4n) is 2.50.